The zero-order chi connectivity index (χ0) is 20.1. The SMILES string of the molecule is Cc1ccc(CN)cc1.Cc1ccc(CN2C(=O)c3ccccc3C2=O)cc1. The molecule has 2 amide bonds. The van der Waals surface area contributed by atoms with Crippen molar-refractivity contribution in [2.75, 3.05) is 0 Å². The first-order valence-corrected chi connectivity index (χ1v) is 9.26. The molecule has 0 bridgehead atoms. The highest BCUT2D eigenvalue weighted by molar-refractivity contribution is 6.21. The van der Waals surface area contributed by atoms with Gasteiger partial charge in [-0.05, 0) is 37.1 Å². The molecular formula is C24H24N2O2. The van der Waals surface area contributed by atoms with Crippen molar-refractivity contribution in [3.8, 4) is 0 Å². The summed E-state index contributed by atoms with van der Waals surface area (Å²) < 4.78 is 0. The van der Waals surface area contributed by atoms with Gasteiger partial charge < -0.3 is 5.73 Å². The van der Waals surface area contributed by atoms with Gasteiger partial charge in [0.05, 0.1) is 17.7 Å². The number of carbonyl (C=O) groups excluding carboxylic acids is 2. The Morgan fingerprint density at radius 3 is 1.54 bits per heavy atom. The fraction of sp³-hybridized carbons (Fsp3) is 0.167. The Labute approximate surface area is 165 Å². The fourth-order valence-electron chi connectivity index (χ4n) is 2.98. The summed E-state index contributed by atoms with van der Waals surface area (Å²) in [4.78, 5) is 25.7. The number of rotatable bonds is 3. The number of nitrogens with zero attached hydrogens (tertiary/aromatic N) is 1. The first kappa shape index (κ1) is 19.5. The smallest absolute Gasteiger partial charge is 0.261 e. The van der Waals surface area contributed by atoms with Gasteiger partial charge in [0.25, 0.3) is 11.8 Å². The van der Waals surface area contributed by atoms with E-state index in [0.29, 0.717) is 24.2 Å². The lowest BCUT2D eigenvalue weighted by molar-refractivity contribution is 0.0642. The van der Waals surface area contributed by atoms with Gasteiger partial charge in [-0.1, -0.05) is 71.8 Å². The van der Waals surface area contributed by atoms with Gasteiger partial charge in [-0.2, -0.15) is 0 Å². The van der Waals surface area contributed by atoms with E-state index >= 15 is 0 Å². The van der Waals surface area contributed by atoms with Crippen molar-refractivity contribution in [2.45, 2.75) is 26.9 Å². The molecule has 4 nitrogen and oxygen atoms in total. The minimum atomic E-state index is -0.207. The molecule has 3 aromatic carbocycles. The Hall–Kier alpha value is -3.24. The largest absolute Gasteiger partial charge is 0.326 e. The second-order valence-electron chi connectivity index (χ2n) is 6.92. The number of benzene rings is 3. The first-order chi connectivity index (χ1) is 13.5. The normalized spacial score (nSPS) is 12.5. The number of hydrogen-bond donors (Lipinski definition) is 1. The van der Waals surface area contributed by atoms with E-state index in [0.717, 1.165) is 11.1 Å². The Morgan fingerprint density at radius 1 is 0.679 bits per heavy atom. The van der Waals surface area contributed by atoms with Crippen LogP contribution in [0.2, 0.25) is 0 Å². The van der Waals surface area contributed by atoms with Crippen LogP contribution < -0.4 is 5.73 Å². The fourth-order valence-corrected chi connectivity index (χ4v) is 2.98. The maximum absolute atomic E-state index is 12.2. The molecule has 4 heteroatoms. The van der Waals surface area contributed by atoms with Gasteiger partial charge in [0, 0.05) is 6.54 Å². The minimum absolute atomic E-state index is 0.207. The molecule has 0 aromatic heterocycles. The van der Waals surface area contributed by atoms with Crippen molar-refractivity contribution < 1.29 is 9.59 Å². The lowest BCUT2D eigenvalue weighted by Gasteiger charge is -2.13. The molecule has 1 heterocycles. The number of hydrogen-bond acceptors (Lipinski definition) is 3. The summed E-state index contributed by atoms with van der Waals surface area (Å²) in [5.41, 5.74) is 11.0. The van der Waals surface area contributed by atoms with Gasteiger partial charge in [-0.3, -0.25) is 14.5 Å². The van der Waals surface area contributed by atoms with Crippen molar-refractivity contribution in [3.05, 3.63) is 106 Å². The molecule has 28 heavy (non-hydrogen) atoms. The molecule has 0 saturated carbocycles. The van der Waals surface area contributed by atoms with Crippen LogP contribution in [0.5, 0.6) is 0 Å². The molecule has 142 valence electrons. The summed E-state index contributed by atoms with van der Waals surface area (Å²) in [5.74, 6) is -0.414. The van der Waals surface area contributed by atoms with Crippen LogP contribution in [0.15, 0.2) is 72.8 Å². The van der Waals surface area contributed by atoms with Gasteiger partial charge in [-0.25, -0.2) is 0 Å². The molecule has 0 aliphatic carbocycles. The first-order valence-electron chi connectivity index (χ1n) is 9.26. The average molecular weight is 372 g/mol. The van der Waals surface area contributed by atoms with Crippen LogP contribution in [-0.2, 0) is 13.1 Å². The van der Waals surface area contributed by atoms with Crippen LogP contribution >= 0.6 is 0 Å². The highest BCUT2D eigenvalue weighted by Gasteiger charge is 2.34. The van der Waals surface area contributed by atoms with Crippen LogP contribution in [-0.4, -0.2) is 16.7 Å². The van der Waals surface area contributed by atoms with Crippen molar-refractivity contribution in [1.29, 1.82) is 0 Å². The average Bonchev–Trinajstić information content (AvgIpc) is 2.96. The highest BCUT2D eigenvalue weighted by Crippen LogP contribution is 2.24. The standard InChI is InChI=1S/C16H13NO2.C8H11N/c1-11-6-8-12(9-7-11)10-17-15(18)13-4-2-3-5-14(13)16(17)19;1-7-2-4-8(6-9)5-3-7/h2-9H,10H2,1H3;2-5H,6,9H2,1H3. The lowest BCUT2D eigenvalue weighted by atomic mass is 10.1. The van der Waals surface area contributed by atoms with Crippen LogP contribution in [0.1, 0.15) is 43.0 Å². The molecule has 0 unspecified atom stereocenters. The summed E-state index contributed by atoms with van der Waals surface area (Å²) in [7, 11) is 0. The lowest BCUT2D eigenvalue weighted by Crippen LogP contribution is -2.29. The summed E-state index contributed by atoms with van der Waals surface area (Å²) in [6, 6.07) is 23.0. The molecule has 0 saturated heterocycles. The van der Waals surface area contributed by atoms with Crippen molar-refractivity contribution in [2.24, 2.45) is 5.73 Å². The number of imide groups is 1. The molecular weight excluding hydrogens is 348 g/mol. The van der Waals surface area contributed by atoms with Gasteiger partial charge in [-0.15, -0.1) is 0 Å². The predicted molar refractivity (Wildman–Crippen MR) is 111 cm³/mol. The molecule has 1 aliphatic heterocycles. The summed E-state index contributed by atoms with van der Waals surface area (Å²) in [6.45, 7) is 5.04. The highest BCUT2D eigenvalue weighted by atomic mass is 16.2. The Kier molecular flexibility index (Phi) is 6.02. The van der Waals surface area contributed by atoms with Crippen LogP contribution in [0, 0.1) is 13.8 Å². The maximum Gasteiger partial charge on any atom is 0.261 e. The van der Waals surface area contributed by atoms with E-state index in [1.807, 2.05) is 31.2 Å². The van der Waals surface area contributed by atoms with Crippen molar-refractivity contribution >= 4 is 11.8 Å². The third-order valence-electron chi connectivity index (χ3n) is 4.70. The number of fused-ring (bicyclic) bond motifs is 1. The zero-order valence-electron chi connectivity index (χ0n) is 16.2. The van der Waals surface area contributed by atoms with Gasteiger partial charge in [0.1, 0.15) is 0 Å². The molecule has 0 fully saturated rings. The Morgan fingerprint density at radius 2 is 1.11 bits per heavy atom. The van der Waals surface area contributed by atoms with E-state index in [9.17, 15) is 9.59 Å². The second-order valence-corrected chi connectivity index (χ2v) is 6.92. The summed E-state index contributed by atoms with van der Waals surface area (Å²) in [5, 5.41) is 0. The molecule has 0 spiro atoms. The van der Waals surface area contributed by atoms with Gasteiger partial charge in [0.2, 0.25) is 0 Å². The number of nitrogens with two attached hydrogens (primary N) is 1. The molecule has 0 radical (unpaired) electrons. The van der Waals surface area contributed by atoms with E-state index in [2.05, 4.69) is 31.2 Å². The maximum atomic E-state index is 12.2. The quantitative estimate of drug-likeness (QED) is 0.699. The molecule has 4 rings (SSSR count). The van der Waals surface area contributed by atoms with Gasteiger partial charge >= 0.3 is 0 Å². The van der Waals surface area contributed by atoms with Crippen molar-refractivity contribution in [1.82, 2.24) is 4.90 Å². The molecule has 1 aliphatic rings. The van der Waals surface area contributed by atoms with E-state index < -0.39 is 0 Å². The number of carbonyl (C=O) groups is 2. The van der Waals surface area contributed by atoms with E-state index in [-0.39, 0.29) is 11.8 Å². The number of aryl methyl sites for hydroxylation is 2. The topological polar surface area (TPSA) is 63.4 Å². The second kappa shape index (κ2) is 8.63. The van der Waals surface area contributed by atoms with E-state index in [1.165, 1.54) is 16.0 Å². The Balaban J connectivity index is 0.000000211. The van der Waals surface area contributed by atoms with E-state index in [4.69, 9.17) is 5.73 Å². The Bertz CT molecular complexity index is 941. The number of amides is 2. The van der Waals surface area contributed by atoms with Crippen LogP contribution in [0.25, 0.3) is 0 Å². The van der Waals surface area contributed by atoms with Crippen LogP contribution in [0.4, 0.5) is 0 Å². The van der Waals surface area contributed by atoms with Gasteiger partial charge in [0.15, 0.2) is 0 Å². The van der Waals surface area contributed by atoms with Crippen LogP contribution in [0.3, 0.4) is 0 Å². The molecule has 3 aromatic rings. The van der Waals surface area contributed by atoms with Crippen molar-refractivity contribution in [3.63, 3.8) is 0 Å². The summed E-state index contributed by atoms with van der Waals surface area (Å²) in [6.07, 6.45) is 0. The zero-order valence-corrected chi connectivity index (χ0v) is 16.2. The predicted octanol–water partition coefficient (Wildman–Crippen LogP) is 4.24. The molecule has 2 N–H and O–H groups in total. The third kappa shape index (κ3) is 4.35. The van der Waals surface area contributed by atoms with E-state index in [1.54, 1.807) is 24.3 Å². The monoisotopic (exact) mass is 372 g/mol. The summed E-state index contributed by atoms with van der Waals surface area (Å²) >= 11 is 0. The molecule has 0 atom stereocenters. The minimum Gasteiger partial charge on any atom is -0.326 e. The third-order valence-corrected chi connectivity index (χ3v) is 4.70.